The minimum atomic E-state index is -0.267. The Hall–Kier alpha value is -3.00. The van der Waals surface area contributed by atoms with E-state index in [9.17, 15) is 9.59 Å². The predicted octanol–water partition coefficient (Wildman–Crippen LogP) is 1.95. The van der Waals surface area contributed by atoms with Crippen LogP contribution in [0.3, 0.4) is 0 Å². The summed E-state index contributed by atoms with van der Waals surface area (Å²) in [5.41, 5.74) is 3.87. The number of carbonyl (C=O) groups excluding carboxylic acids is 2. The lowest BCUT2D eigenvalue weighted by Crippen LogP contribution is -2.39. The number of aromatic nitrogens is 2. The molecule has 0 atom stereocenters. The Morgan fingerprint density at radius 1 is 1.21 bits per heavy atom. The minimum Gasteiger partial charge on any atom is -0.383 e. The number of hydrogen-bond acceptors (Lipinski definition) is 5. The number of carbonyl (C=O) groups is 2. The largest absolute Gasteiger partial charge is 0.383 e. The van der Waals surface area contributed by atoms with Gasteiger partial charge in [0.15, 0.2) is 0 Å². The van der Waals surface area contributed by atoms with Gasteiger partial charge in [-0.05, 0) is 26.0 Å². The van der Waals surface area contributed by atoms with Crippen LogP contribution in [-0.4, -0.2) is 41.0 Å². The molecule has 2 heterocycles. The van der Waals surface area contributed by atoms with Crippen molar-refractivity contribution in [2.45, 2.75) is 39.8 Å². The molecule has 0 saturated heterocycles. The van der Waals surface area contributed by atoms with Crippen molar-refractivity contribution in [2.24, 2.45) is 5.10 Å². The van der Waals surface area contributed by atoms with Crippen LogP contribution in [0.15, 0.2) is 35.4 Å². The summed E-state index contributed by atoms with van der Waals surface area (Å²) in [6, 6.07) is 9.12. The summed E-state index contributed by atoms with van der Waals surface area (Å²) < 4.78 is 6.99. The van der Waals surface area contributed by atoms with Crippen LogP contribution >= 0.6 is 0 Å². The Bertz CT molecular complexity index is 889. The molecule has 1 aliphatic rings. The monoisotopic (exact) mass is 383 g/mol. The van der Waals surface area contributed by atoms with E-state index in [0.29, 0.717) is 37.5 Å². The van der Waals surface area contributed by atoms with Crippen molar-refractivity contribution in [3.05, 3.63) is 47.3 Å². The summed E-state index contributed by atoms with van der Waals surface area (Å²) in [5.74, 6) is -0.384. The summed E-state index contributed by atoms with van der Waals surface area (Å²) in [5, 5.41) is 13.0. The lowest BCUT2D eigenvalue weighted by molar-refractivity contribution is -0.119. The lowest BCUT2D eigenvalue weighted by atomic mass is 10.1. The van der Waals surface area contributed by atoms with Gasteiger partial charge in [0.25, 0.3) is 5.91 Å². The molecule has 1 N–H and O–H groups in total. The van der Waals surface area contributed by atoms with Gasteiger partial charge in [-0.15, -0.1) is 0 Å². The first-order chi connectivity index (χ1) is 13.5. The molecule has 0 fully saturated rings. The molecule has 0 spiro atoms. The molecule has 28 heavy (non-hydrogen) atoms. The lowest BCUT2D eigenvalue weighted by Gasteiger charge is -2.23. The minimum absolute atomic E-state index is 0.117. The van der Waals surface area contributed by atoms with Gasteiger partial charge in [-0.25, -0.2) is 5.01 Å². The number of aryl methyl sites for hydroxylation is 1. The highest BCUT2D eigenvalue weighted by Gasteiger charge is 2.25. The Morgan fingerprint density at radius 2 is 1.96 bits per heavy atom. The number of para-hydroxylation sites is 1. The molecule has 1 aliphatic heterocycles. The van der Waals surface area contributed by atoms with Crippen LogP contribution in [0, 0.1) is 13.8 Å². The quantitative estimate of drug-likeness (QED) is 0.791. The van der Waals surface area contributed by atoms with Crippen LogP contribution in [0.25, 0.3) is 0 Å². The average Bonchev–Trinajstić information content (AvgIpc) is 2.98. The number of nitrogens with zero attached hydrogens (tertiary/aromatic N) is 4. The third-order valence-corrected chi connectivity index (χ3v) is 4.76. The van der Waals surface area contributed by atoms with E-state index in [2.05, 4.69) is 15.5 Å². The van der Waals surface area contributed by atoms with Crippen LogP contribution in [-0.2, 0) is 27.4 Å². The highest BCUT2D eigenvalue weighted by atomic mass is 16.5. The van der Waals surface area contributed by atoms with Crippen molar-refractivity contribution < 1.29 is 14.3 Å². The van der Waals surface area contributed by atoms with Gasteiger partial charge in [0.1, 0.15) is 5.71 Å². The molecule has 3 rings (SSSR count). The van der Waals surface area contributed by atoms with Gasteiger partial charge in [-0.2, -0.15) is 10.2 Å². The Morgan fingerprint density at radius 3 is 2.68 bits per heavy atom. The third kappa shape index (κ3) is 4.28. The Labute approximate surface area is 164 Å². The summed E-state index contributed by atoms with van der Waals surface area (Å²) in [6.45, 7) is 5.50. The molecule has 0 bridgehead atoms. The first-order valence-electron chi connectivity index (χ1n) is 9.26. The Kier molecular flexibility index (Phi) is 6.20. The van der Waals surface area contributed by atoms with Gasteiger partial charge in [-0.3, -0.25) is 14.3 Å². The van der Waals surface area contributed by atoms with Crippen molar-refractivity contribution in [3.63, 3.8) is 0 Å². The highest BCUT2D eigenvalue weighted by Crippen LogP contribution is 2.20. The van der Waals surface area contributed by atoms with Gasteiger partial charge in [0.2, 0.25) is 5.91 Å². The van der Waals surface area contributed by atoms with Crippen LogP contribution in [0.2, 0.25) is 0 Å². The van der Waals surface area contributed by atoms with Gasteiger partial charge >= 0.3 is 0 Å². The van der Waals surface area contributed by atoms with Gasteiger partial charge in [0.05, 0.1) is 24.5 Å². The summed E-state index contributed by atoms with van der Waals surface area (Å²) in [7, 11) is 1.65. The zero-order valence-corrected chi connectivity index (χ0v) is 16.4. The number of methoxy groups -OCH3 is 1. The number of benzene rings is 1. The van der Waals surface area contributed by atoms with Crippen LogP contribution in [0.5, 0.6) is 0 Å². The Balaban J connectivity index is 1.70. The number of hydrogen-bond donors (Lipinski definition) is 1. The summed E-state index contributed by atoms with van der Waals surface area (Å²) in [6.07, 6.45) is 0.590. The molecule has 8 nitrogen and oxygen atoms in total. The maximum Gasteiger partial charge on any atom is 0.267 e. The molecule has 148 valence electrons. The molecule has 0 unspecified atom stereocenters. The van der Waals surface area contributed by atoms with Crippen LogP contribution < -0.4 is 10.3 Å². The number of amides is 2. The number of ether oxygens (including phenoxy) is 1. The molecule has 2 amide bonds. The molecule has 1 aromatic carbocycles. The van der Waals surface area contributed by atoms with Gasteiger partial charge in [0, 0.05) is 37.8 Å². The number of rotatable bonds is 7. The van der Waals surface area contributed by atoms with E-state index in [1.54, 1.807) is 19.2 Å². The predicted molar refractivity (Wildman–Crippen MR) is 106 cm³/mol. The SMILES string of the molecule is COCCn1nc(C)c(CNC(=O)C2=NN(c3ccccc3)C(=O)CC2)c1C. The second-order valence-corrected chi connectivity index (χ2v) is 6.64. The van der Waals surface area contributed by atoms with E-state index in [-0.39, 0.29) is 18.2 Å². The molecule has 1 aromatic heterocycles. The third-order valence-electron chi connectivity index (χ3n) is 4.76. The standard InChI is InChI=1S/C20H25N5O3/c1-14-17(15(2)24(22-14)11-12-28-3)13-21-20(27)18-9-10-19(26)25(23-18)16-7-5-4-6-8-16/h4-8H,9-13H2,1-3H3,(H,21,27). The molecular weight excluding hydrogens is 358 g/mol. The first kappa shape index (κ1) is 19.8. The second-order valence-electron chi connectivity index (χ2n) is 6.64. The van der Waals surface area contributed by atoms with Crippen molar-refractivity contribution in [2.75, 3.05) is 18.7 Å². The molecule has 0 saturated carbocycles. The van der Waals surface area contributed by atoms with E-state index in [1.807, 2.05) is 36.7 Å². The van der Waals surface area contributed by atoms with Gasteiger partial charge < -0.3 is 10.1 Å². The van der Waals surface area contributed by atoms with E-state index >= 15 is 0 Å². The fourth-order valence-corrected chi connectivity index (χ4v) is 3.14. The van der Waals surface area contributed by atoms with Crippen molar-refractivity contribution >= 4 is 23.2 Å². The van der Waals surface area contributed by atoms with Crippen LogP contribution in [0.4, 0.5) is 5.69 Å². The van der Waals surface area contributed by atoms with Crippen molar-refractivity contribution in [3.8, 4) is 0 Å². The molecule has 0 radical (unpaired) electrons. The van der Waals surface area contributed by atoms with E-state index < -0.39 is 0 Å². The number of hydrazone groups is 1. The smallest absolute Gasteiger partial charge is 0.267 e. The van der Waals surface area contributed by atoms with Crippen LogP contribution in [0.1, 0.15) is 29.8 Å². The molecule has 2 aromatic rings. The van der Waals surface area contributed by atoms with E-state index in [4.69, 9.17) is 4.74 Å². The molecular formula is C20H25N5O3. The first-order valence-corrected chi connectivity index (χ1v) is 9.26. The fourth-order valence-electron chi connectivity index (χ4n) is 3.14. The number of anilines is 1. The topological polar surface area (TPSA) is 88.8 Å². The van der Waals surface area contributed by atoms with E-state index in [1.165, 1.54) is 5.01 Å². The normalized spacial score (nSPS) is 14.2. The highest BCUT2D eigenvalue weighted by molar-refractivity contribution is 6.40. The fraction of sp³-hybridized carbons (Fsp3) is 0.400. The summed E-state index contributed by atoms with van der Waals surface area (Å²) in [4.78, 5) is 24.8. The summed E-state index contributed by atoms with van der Waals surface area (Å²) >= 11 is 0. The molecule has 0 aliphatic carbocycles. The zero-order valence-electron chi connectivity index (χ0n) is 16.4. The maximum absolute atomic E-state index is 12.6. The second kappa shape index (κ2) is 8.79. The molecule has 8 heteroatoms. The van der Waals surface area contributed by atoms with Crippen molar-refractivity contribution in [1.82, 2.24) is 15.1 Å². The van der Waals surface area contributed by atoms with Crippen molar-refractivity contribution in [1.29, 1.82) is 0 Å². The zero-order chi connectivity index (χ0) is 20.1. The maximum atomic E-state index is 12.6. The number of nitrogens with one attached hydrogen (secondary N) is 1. The van der Waals surface area contributed by atoms with E-state index in [0.717, 1.165) is 17.0 Å². The average molecular weight is 383 g/mol. The van der Waals surface area contributed by atoms with Gasteiger partial charge in [-0.1, -0.05) is 18.2 Å².